The van der Waals surface area contributed by atoms with Crippen molar-refractivity contribution in [2.24, 2.45) is 0 Å². The molecule has 2 aromatic carbocycles. The molecule has 0 radical (unpaired) electrons. The lowest BCUT2D eigenvalue weighted by molar-refractivity contribution is -0.386. The Hall–Kier alpha value is -3.16. The zero-order valence-corrected chi connectivity index (χ0v) is 13.9. The van der Waals surface area contributed by atoms with Crippen LogP contribution in [0.2, 0.25) is 0 Å². The van der Waals surface area contributed by atoms with Crippen molar-refractivity contribution in [3.63, 3.8) is 0 Å². The molecule has 8 heteroatoms. The molecule has 0 saturated carbocycles. The highest BCUT2D eigenvalue weighted by molar-refractivity contribution is 5.81. The Bertz CT molecular complexity index is 941. The van der Waals surface area contributed by atoms with Gasteiger partial charge in [0, 0.05) is 17.8 Å². The van der Waals surface area contributed by atoms with Gasteiger partial charge in [-0.3, -0.25) is 10.1 Å². The molecule has 8 nitrogen and oxygen atoms in total. The van der Waals surface area contributed by atoms with Gasteiger partial charge in [-0.05, 0) is 37.1 Å². The Labute approximate surface area is 143 Å². The van der Waals surface area contributed by atoms with E-state index in [2.05, 4.69) is 0 Å². The van der Waals surface area contributed by atoms with E-state index in [-0.39, 0.29) is 17.2 Å². The van der Waals surface area contributed by atoms with Crippen LogP contribution in [0.1, 0.15) is 22.3 Å². The fourth-order valence-electron chi connectivity index (χ4n) is 4.10. The predicted octanol–water partition coefficient (Wildman–Crippen LogP) is 2.50. The van der Waals surface area contributed by atoms with E-state index in [1.807, 2.05) is 23.6 Å². The summed E-state index contributed by atoms with van der Waals surface area (Å²) in [6.07, 6.45) is 0. The van der Waals surface area contributed by atoms with Crippen LogP contribution < -0.4 is 15.5 Å². The Morgan fingerprint density at radius 3 is 2.16 bits per heavy atom. The molecule has 2 aliphatic rings. The van der Waals surface area contributed by atoms with Gasteiger partial charge in [0.25, 0.3) is 0 Å². The molecule has 4 N–H and O–H groups in total. The van der Waals surface area contributed by atoms with Gasteiger partial charge in [-0.1, -0.05) is 0 Å². The molecular formula is C17H18N4O4. The van der Waals surface area contributed by atoms with Crippen LogP contribution in [-0.4, -0.2) is 21.8 Å². The van der Waals surface area contributed by atoms with Crippen LogP contribution >= 0.6 is 0 Å². The van der Waals surface area contributed by atoms with E-state index in [1.165, 1.54) is 6.07 Å². The second-order valence-electron chi connectivity index (χ2n) is 6.64. The second-order valence-corrected chi connectivity index (χ2v) is 6.64. The summed E-state index contributed by atoms with van der Waals surface area (Å²) in [5, 5.41) is 31.6. The number of aryl methyl sites for hydroxylation is 2. The van der Waals surface area contributed by atoms with Crippen molar-refractivity contribution in [1.29, 1.82) is 0 Å². The number of hydrogen-bond acceptors (Lipinski definition) is 7. The van der Waals surface area contributed by atoms with E-state index < -0.39 is 4.92 Å². The molecule has 2 heterocycles. The van der Waals surface area contributed by atoms with E-state index in [1.54, 1.807) is 6.07 Å². The molecule has 4 rings (SSSR count). The van der Waals surface area contributed by atoms with Crippen molar-refractivity contribution in [2.75, 3.05) is 22.2 Å². The zero-order chi connectivity index (χ0) is 18.0. The van der Waals surface area contributed by atoms with Crippen LogP contribution in [0.5, 0.6) is 11.5 Å². The first-order valence-corrected chi connectivity index (χ1v) is 7.90. The SMILES string of the molecule is Cc1cc(O)c(N)c2c1N1Cc3c(c(C)cc(O)c3[N+](=O)[O-])N(C2)C1. The van der Waals surface area contributed by atoms with Crippen LogP contribution in [0, 0.1) is 24.0 Å². The van der Waals surface area contributed by atoms with Crippen molar-refractivity contribution in [1.82, 2.24) is 0 Å². The first-order valence-electron chi connectivity index (χ1n) is 7.90. The van der Waals surface area contributed by atoms with E-state index >= 15 is 0 Å². The monoisotopic (exact) mass is 342 g/mol. The first kappa shape index (κ1) is 15.4. The van der Waals surface area contributed by atoms with Gasteiger partial charge in [0.05, 0.1) is 35.1 Å². The summed E-state index contributed by atoms with van der Waals surface area (Å²) >= 11 is 0. The molecule has 0 unspecified atom stereocenters. The predicted molar refractivity (Wildman–Crippen MR) is 94.0 cm³/mol. The highest BCUT2D eigenvalue weighted by Gasteiger charge is 2.38. The number of anilines is 3. The second kappa shape index (κ2) is 4.92. The third-order valence-electron chi connectivity index (χ3n) is 5.01. The van der Waals surface area contributed by atoms with Gasteiger partial charge in [0.1, 0.15) is 5.75 Å². The van der Waals surface area contributed by atoms with Crippen molar-refractivity contribution < 1.29 is 15.1 Å². The minimum absolute atomic E-state index is 0.0484. The molecule has 0 spiro atoms. The molecule has 2 aliphatic heterocycles. The van der Waals surface area contributed by atoms with E-state index in [9.17, 15) is 20.3 Å². The van der Waals surface area contributed by atoms with Crippen molar-refractivity contribution in [2.45, 2.75) is 26.9 Å². The number of nitrogens with zero attached hydrogens (tertiary/aromatic N) is 3. The average molecular weight is 342 g/mol. The average Bonchev–Trinajstić information content (AvgIpc) is 2.51. The topological polar surface area (TPSA) is 116 Å². The van der Waals surface area contributed by atoms with Crippen LogP contribution in [0.3, 0.4) is 0 Å². The van der Waals surface area contributed by atoms with Gasteiger partial charge in [0.2, 0.25) is 0 Å². The van der Waals surface area contributed by atoms with Crippen molar-refractivity contribution in [3.8, 4) is 11.5 Å². The highest BCUT2D eigenvalue weighted by atomic mass is 16.6. The molecule has 0 aromatic heterocycles. The summed E-state index contributed by atoms with van der Waals surface area (Å²) in [7, 11) is 0. The number of aromatic hydroxyl groups is 2. The number of hydrogen-bond donors (Lipinski definition) is 3. The van der Waals surface area contributed by atoms with E-state index in [4.69, 9.17) is 5.73 Å². The zero-order valence-electron chi connectivity index (χ0n) is 13.9. The number of benzene rings is 2. The van der Waals surface area contributed by atoms with Crippen LogP contribution in [0.25, 0.3) is 0 Å². The Morgan fingerprint density at radius 1 is 1.04 bits per heavy atom. The number of fused-ring (bicyclic) bond motifs is 6. The maximum absolute atomic E-state index is 11.5. The lowest BCUT2D eigenvalue weighted by atomic mass is 9.94. The normalized spacial score (nSPS) is 15.0. The third kappa shape index (κ3) is 2.00. The molecule has 2 bridgehead atoms. The van der Waals surface area contributed by atoms with Gasteiger partial charge in [-0.2, -0.15) is 0 Å². The number of nitro benzene ring substituents is 1. The smallest absolute Gasteiger partial charge is 0.317 e. The minimum atomic E-state index is -0.532. The standard InChI is InChI=1S/C17H18N4O4/c1-8-3-12(22)14(18)10-5-19-7-20(15(8)10)6-11-16(19)9(2)4-13(23)17(11)21(24)25/h3-4,22-23H,5-7,18H2,1-2H3. The summed E-state index contributed by atoms with van der Waals surface area (Å²) in [5.41, 5.74) is 10.8. The van der Waals surface area contributed by atoms with Gasteiger partial charge < -0.3 is 25.7 Å². The van der Waals surface area contributed by atoms with Crippen molar-refractivity contribution >= 4 is 22.7 Å². The Kier molecular flexibility index (Phi) is 3.02. The van der Waals surface area contributed by atoms with Crippen LogP contribution in [0.15, 0.2) is 12.1 Å². The van der Waals surface area contributed by atoms with Crippen LogP contribution in [-0.2, 0) is 13.1 Å². The first-order chi connectivity index (χ1) is 11.8. The third-order valence-corrected chi connectivity index (χ3v) is 5.01. The summed E-state index contributed by atoms with van der Waals surface area (Å²) < 4.78 is 0. The maximum atomic E-state index is 11.5. The lowest BCUT2D eigenvalue weighted by Crippen LogP contribution is -2.47. The molecule has 2 aromatic rings. The molecular weight excluding hydrogens is 324 g/mol. The highest BCUT2D eigenvalue weighted by Crippen LogP contribution is 2.49. The van der Waals surface area contributed by atoms with E-state index in [0.29, 0.717) is 31.0 Å². The van der Waals surface area contributed by atoms with Gasteiger partial charge in [-0.15, -0.1) is 0 Å². The van der Waals surface area contributed by atoms with E-state index in [0.717, 1.165) is 28.1 Å². The number of rotatable bonds is 1. The molecule has 0 aliphatic carbocycles. The van der Waals surface area contributed by atoms with Crippen molar-refractivity contribution in [3.05, 3.63) is 44.5 Å². The largest absolute Gasteiger partial charge is 0.506 e. The number of nitrogens with two attached hydrogens (primary N) is 1. The quantitative estimate of drug-likeness (QED) is 0.315. The Balaban J connectivity index is 1.96. The fourth-order valence-corrected chi connectivity index (χ4v) is 4.10. The number of phenols is 2. The fraction of sp³-hybridized carbons (Fsp3) is 0.294. The molecule has 0 fully saturated rings. The summed E-state index contributed by atoms with van der Waals surface area (Å²) in [5.74, 6) is -0.266. The summed E-state index contributed by atoms with van der Waals surface area (Å²) in [6, 6.07) is 3.04. The number of phenolic OH excluding ortho intramolecular Hbond substituents is 2. The molecule has 25 heavy (non-hydrogen) atoms. The van der Waals surface area contributed by atoms with Gasteiger partial charge in [0.15, 0.2) is 5.75 Å². The maximum Gasteiger partial charge on any atom is 0.317 e. The van der Waals surface area contributed by atoms with Crippen LogP contribution in [0.4, 0.5) is 22.7 Å². The lowest BCUT2D eigenvalue weighted by Gasteiger charge is -2.46. The van der Waals surface area contributed by atoms with Gasteiger partial charge >= 0.3 is 5.69 Å². The summed E-state index contributed by atoms with van der Waals surface area (Å²) in [6.45, 7) is 5.03. The summed E-state index contributed by atoms with van der Waals surface area (Å²) in [4.78, 5) is 15.0. The number of nitrogen functional groups attached to an aromatic ring is 1. The number of nitro groups is 1. The minimum Gasteiger partial charge on any atom is -0.506 e. The molecule has 0 amide bonds. The Morgan fingerprint density at radius 2 is 1.56 bits per heavy atom. The molecule has 0 saturated heterocycles. The molecule has 0 atom stereocenters. The molecule has 130 valence electrons. The van der Waals surface area contributed by atoms with Gasteiger partial charge in [-0.25, -0.2) is 0 Å².